The van der Waals surface area contributed by atoms with Crippen LogP contribution in [0.15, 0.2) is 33.2 Å². The minimum absolute atomic E-state index is 0.135. The Morgan fingerprint density at radius 2 is 1.94 bits per heavy atom. The van der Waals surface area contributed by atoms with E-state index in [4.69, 9.17) is 5.73 Å². The summed E-state index contributed by atoms with van der Waals surface area (Å²) in [4.78, 5) is 11.6. The average Bonchev–Trinajstić information content (AvgIpc) is 2.56. The number of nitrogens with one attached hydrogen (secondary N) is 1. The Hall–Kier alpha value is -2.37. The Kier molecular flexibility index (Phi) is 3.01. The Morgan fingerprint density at radius 1 is 1.22 bits per heavy atom. The molecule has 0 unspecified atom stereocenters. The molecule has 94 valence electrons. The minimum atomic E-state index is -0.292. The van der Waals surface area contributed by atoms with Gasteiger partial charge in [0.05, 0.1) is 5.69 Å². The van der Waals surface area contributed by atoms with Gasteiger partial charge in [-0.15, -0.1) is 5.11 Å². The first-order valence-corrected chi connectivity index (χ1v) is 5.52. The van der Waals surface area contributed by atoms with Gasteiger partial charge in [-0.05, 0) is 37.1 Å². The Balaban J connectivity index is 2.36. The van der Waals surface area contributed by atoms with Gasteiger partial charge in [-0.25, -0.2) is 0 Å². The lowest BCUT2D eigenvalue weighted by Crippen LogP contribution is -2.10. The number of benzene rings is 1. The SMILES string of the molecule is Cc1ccc(N=Nc2c(N)[nH]n(C)c2=O)cc1C. The summed E-state index contributed by atoms with van der Waals surface area (Å²) >= 11 is 0. The van der Waals surface area contributed by atoms with E-state index < -0.39 is 0 Å². The van der Waals surface area contributed by atoms with E-state index in [1.54, 1.807) is 7.05 Å². The zero-order chi connectivity index (χ0) is 13.3. The zero-order valence-corrected chi connectivity index (χ0v) is 10.6. The maximum Gasteiger partial charge on any atom is 0.296 e. The first-order valence-electron chi connectivity index (χ1n) is 5.52. The first-order chi connectivity index (χ1) is 8.49. The summed E-state index contributed by atoms with van der Waals surface area (Å²) in [6, 6.07) is 5.72. The van der Waals surface area contributed by atoms with Crippen LogP contribution in [0.5, 0.6) is 0 Å². The fraction of sp³-hybridized carbons (Fsp3) is 0.250. The lowest BCUT2D eigenvalue weighted by atomic mass is 10.1. The number of hydrogen-bond donors (Lipinski definition) is 2. The summed E-state index contributed by atoms with van der Waals surface area (Å²) in [7, 11) is 1.58. The molecule has 0 aliphatic rings. The number of H-pyrrole nitrogens is 1. The van der Waals surface area contributed by atoms with Crippen molar-refractivity contribution in [3.63, 3.8) is 0 Å². The molecule has 18 heavy (non-hydrogen) atoms. The van der Waals surface area contributed by atoms with Crippen molar-refractivity contribution < 1.29 is 0 Å². The van der Waals surface area contributed by atoms with Crippen LogP contribution in [-0.2, 0) is 7.05 Å². The molecule has 6 heteroatoms. The van der Waals surface area contributed by atoms with E-state index in [9.17, 15) is 4.79 Å². The van der Waals surface area contributed by atoms with Crippen molar-refractivity contribution in [2.75, 3.05) is 5.73 Å². The third-order valence-electron chi connectivity index (χ3n) is 2.81. The molecule has 1 aromatic carbocycles. The van der Waals surface area contributed by atoms with Crippen molar-refractivity contribution in [3.05, 3.63) is 39.7 Å². The molecule has 1 heterocycles. The molecule has 0 amide bonds. The number of aryl methyl sites for hydroxylation is 3. The van der Waals surface area contributed by atoms with E-state index in [-0.39, 0.29) is 17.1 Å². The summed E-state index contributed by atoms with van der Waals surface area (Å²) in [6.45, 7) is 4.02. The van der Waals surface area contributed by atoms with Gasteiger partial charge in [0.1, 0.15) is 5.82 Å². The van der Waals surface area contributed by atoms with Gasteiger partial charge in [0, 0.05) is 7.05 Å². The van der Waals surface area contributed by atoms with E-state index in [1.807, 2.05) is 32.0 Å². The molecule has 0 fully saturated rings. The second kappa shape index (κ2) is 4.48. The van der Waals surface area contributed by atoms with Crippen LogP contribution in [0, 0.1) is 13.8 Å². The van der Waals surface area contributed by atoms with Gasteiger partial charge in [-0.1, -0.05) is 6.07 Å². The molecule has 3 N–H and O–H groups in total. The molecule has 1 aromatic heterocycles. The molecule has 0 aliphatic heterocycles. The van der Waals surface area contributed by atoms with Crippen molar-refractivity contribution >= 4 is 17.2 Å². The molecule has 0 aliphatic carbocycles. The number of nitrogens with zero attached hydrogens (tertiary/aromatic N) is 3. The molecule has 2 rings (SSSR count). The highest BCUT2D eigenvalue weighted by atomic mass is 16.1. The lowest BCUT2D eigenvalue weighted by Gasteiger charge is -1.99. The maximum absolute atomic E-state index is 11.6. The third kappa shape index (κ3) is 2.17. The minimum Gasteiger partial charge on any atom is -0.382 e. The van der Waals surface area contributed by atoms with Crippen LogP contribution >= 0.6 is 0 Å². The monoisotopic (exact) mass is 245 g/mol. The largest absolute Gasteiger partial charge is 0.382 e. The van der Waals surface area contributed by atoms with E-state index in [0.717, 1.165) is 5.56 Å². The van der Waals surface area contributed by atoms with Gasteiger partial charge >= 0.3 is 0 Å². The smallest absolute Gasteiger partial charge is 0.296 e. The van der Waals surface area contributed by atoms with Crippen LogP contribution in [0.1, 0.15) is 11.1 Å². The topological polar surface area (TPSA) is 88.5 Å². The molecule has 0 spiro atoms. The quantitative estimate of drug-likeness (QED) is 0.795. The number of hydrogen-bond acceptors (Lipinski definition) is 4. The highest BCUT2D eigenvalue weighted by Gasteiger charge is 2.08. The van der Waals surface area contributed by atoms with Crippen LogP contribution in [-0.4, -0.2) is 9.78 Å². The molecule has 0 saturated heterocycles. The second-order valence-electron chi connectivity index (χ2n) is 4.21. The van der Waals surface area contributed by atoms with E-state index >= 15 is 0 Å². The van der Waals surface area contributed by atoms with E-state index in [1.165, 1.54) is 10.2 Å². The molecular weight excluding hydrogens is 230 g/mol. The average molecular weight is 245 g/mol. The van der Waals surface area contributed by atoms with Gasteiger partial charge < -0.3 is 5.73 Å². The van der Waals surface area contributed by atoms with E-state index in [0.29, 0.717) is 5.69 Å². The number of anilines is 1. The molecule has 0 atom stereocenters. The normalized spacial score (nSPS) is 11.3. The van der Waals surface area contributed by atoms with Crippen molar-refractivity contribution in [1.82, 2.24) is 9.78 Å². The van der Waals surface area contributed by atoms with Crippen LogP contribution in [0.2, 0.25) is 0 Å². The molecule has 0 radical (unpaired) electrons. The van der Waals surface area contributed by atoms with Gasteiger partial charge in [-0.2, -0.15) is 5.11 Å². The molecule has 0 saturated carbocycles. The number of nitrogens with two attached hydrogens (primary N) is 1. The van der Waals surface area contributed by atoms with Crippen LogP contribution in [0.25, 0.3) is 0 Å². The Bertz CT molecular complexity index is 666. The van der Waals surface area contributed by atoms with Gasteiger partial charge in [0.2, 0.25) is 0 Å². The molecule has 0 bridgehead atoms. The Morgan fingerprint density at radius 3 is 2.50 bits per heavy atom. The summed E-state index contributed by atoms with van der Waals surface area (Å²) in [5.41, 5.74) is 8.48. The van der Waals surface area contributed by atoms with Gasteiger partial charge in [0.15, 0.2) is 5.69 Å². The lowest BCUT2D eigenvalue weighted by molar-refractivity contribution is 0.743. The molecule has 6 nitrogen and oxygen atoms in total. The van der Waals surface area contributed by atoms with Gasteiger partial charge in [0.25, 0.3) is 5.56 Å². The highest BCUT2D eigenvalue weighted by Crippen LogP contribution is 2.21. The Labute approximate surface area is 104 Å². The number of azo groups is 1. The summed E-state index contributed by atoms with van der Waals surface area (Å²) < 4.78 is 1.27. The van der Waals surface area contributed by atoms with Crippen molar-refractivity contribution in [3.8, 4) is 0 Å². The fourth-order valence-electron chi connectivity index (χ4n) is 1.55. The second-order valence-corrected chi connectivity index (χ2v) is 4.21. The first kappa shape index (κ1) is 12.1. The fourth-order valence-corrected chi connectivity index (χ4v) is 1.55. The van der Waals surface area contributed by atoms with Crippen molar-refractivity contribution in [2.45, 2.75) is 13.8 Å². The number of aromatic nitrogens is 2. The maximum atomic E-state index is 11.6. The highest BCUT2D eigenvalue weighted by molar-refractivity contribution is 5.55. The number of nitrogen functional groups attached to an aromatic ring is 1. The number of rotatable bonds is 2. The van der Waals surface area contributed by atoms with Crippen LogP contribution in [0.3, 0.4) is 0 Å². The van der Waals surface area contributed by atoms with Crippen LogP contribution < -0.4 is 11.3 Å². The predicted octanol–water partition coefficient (Wildman–Crippen LogP) is 2.33. The third-order valence-corrected chi connectivity index (χ3v) is 2.81. The molecule has 2 aromatic rings. The summed E-state index contributed by atoms with van der Waals surface area (Å²) in [5, 5.41) is 10.6. The van der Waals surface area contributed by atoms with Crippen LogP contribution in [0.4, 0.5) is 17.2 Å². The predicted molar refractivity (Wildman–Crippen MR) is 70.5 cm³/mol. The molecular formula is C12H15N5O. The zero-order valence-electron chi connectivity index (χ0n) is 10.6. The standard InChI is InChI=1S/C12H15N5O/c1-7-4-5-9(6-8(7)2)14-15-10-11(13)16-17(3)12(10)18/h4-6,16H,13H2,1-3H3. The summed E-state index contributed by atoms with van der Waals surface area (Å²) in [6.07, 6.45) is 0. The van der Waals surface area contributed by atoms with Crippen molar-refractivity contribution in [2.24, 2.45) is 17.3 Å². The van der Waals surface area contributed by atoms with Gasteiger partial charge in [-0.3, -0.25) is 14.6 Å². The summed E-state index contributed by atoms with van der Waals surface area (Å²) in [5.74, 6) is 0.218. The van der Waals surface area contributed by atoms with Crippen molar-refractivity contribution in [1.29, 1.82) is 0 Å². The van der Waals surface area contributed by atoms with E-state index in [2.05, 4.69) is 15.3 Å². The number of aromatic amines is 1.